The van der Waals surface area contributed by atoms with E-state index >= 15 is 0 Å². The second kappa shape index (κ2) is 9.16. The highest BCUT2D eigenvalue weighted by Crippen LogP contribution is 2.01. The van der Waals surface area contributed by atoms with Gasteiger partial charge in [-0.15, -0.1) is 0 Å². The molecule has 0 saturated carbocycles. The molecule has 17 heavy (non-hydrogen) atoms. The first-order valence-corrected chi connectivity index (χ1v) is 7.69. The van der Waals surface area contributed by atoms with Gasteiger partial charge in [0.05, 0.1) is 0 Å². The first-order valence-electron chi connectivity index (χ1n) is 6.36. The van der Waals surface area contributed by atoms with E-state index in [-0.39, 0.29) is 0 Å². The lowest BCUT2D eigenvalue weighted by Gasteiger charge is -2.18. The molecule has 0 aliphatic carbocycles. The van der Waals surface area contributed by atoms with Crippen LogP contribution in [0.15, 0.2) is 36.4 Å². The second-order valence-electron chi connectivity index (χ2n) is 4.07. The lowest BCUT2D eigenvalue weighted by molar-refractivity contribution is 0.498. The minimum absolute atomic E-state index is 0.408. The van der Waals surface area contributed by atoms with Gasteiger partial charge in [-0.1, -0.05) is 55.8 Å². The zero-order chi connectivity index (χ0) is 12.3. The average Bonchev–Trinajstić information content (AvgIpc) is 2.37. The predicted octanol–water partition coefficient (Wildman–Crippen LogP) is 2.14. The highest BCUT2D eigenvalue weighted by molar-refractivity contribution is 6.31. The molecule has 1 aromatic rings. The van der Waals surface area contributed by atoms with Gasteiger partial charge >= 0.3 is 0 Å². The Bertz CT molecular complexity index is 311. The van der Waals surface area contributed by atoms with Crippen molar-refractivity contribution in [3.8, 4) is 0 Å². The highest BCUT2D eigenvalue weighted by Gasteiger charge is 2.00. The lowest BCUT2D eigenvalue weighted by atomic mass is 10.2. The Morgan fingerprint density at radius 1 is 1.29 bits per heavy atom. The van der Waals surface area contributed by atoms with Crippen molar-refractivity contribution in [2.45, 2.75) is 19.4 Å². The van der Waals surface area contributed by atoms with Crippen molar-refractivity contribution in [3.05, 3.63) is 42.0 Å². The minimum Gasteiger partial charge on any atom is -0.329 e. The first-order chi connectivity index (χ1) is 8.36. The molecule has 2 N–H and O–H groups in total. The molecule has 0 amide bonds. The summed E-state index contributed by atoms with van der Waals surface area (Å²) in [5.74, 6) is 0. The summed E-state index contributed by atoms with van der Waals surface area (Å²) in [6.45, 7) is 5.05. The average molecular weight is 247 g/mol. The van der Waals surface area contributed by atoms with Gasteiger partial charge in [-0.2, -0.15) is 0 Å². The van der Waals surface area contributed by atoms with Crippen LogP contribution in [-0.2, 0) is 0 Å². The number of benzene rings is 1. The number of hydrogen-bond acceptors (Lipinski definition) is 2. The number of nitrogens with zero attached hydrogens (tertiary/aromatic N) is 1. The molecule has 1 aromatic carbocycles. The zero-order valence-corrected chi connectivity index (χ0v) is 11.8. The van der Waals surface area contributed by atoms with Gasteiger partial charge in [0.1, 0.15) is 9.68 Å². The second-order valence-corrected chi connectivity index (χ2v) is 5.74. The topological polar surface area (TPSA) is 29.3 Å². The molecule has 3 heteroatoms. The van der Waals surface area contributed by atoms with Crippen LogP contribution in [0.2, 0.25) is 6.04 Å². The Hall–Kier alpha value is -0.903. The predicted molar refractivity (Wildman–Crippen MR) is 78.4 cm³/mol. The summed E-state index contributed by atoms with van der Waals surface area (Å²) >= 11 is 0. The summed E-state index contributed by atoms with van der Waals surface area (Å²) in [6, 6.07) is 11.8. The van der Waals surface area contributed by atoms with E-state index in [1.54, 1.807) is 0 Å². The third-order valence-electron chi connectivity index (χ3n) is 2.54. The van der Waals surface area contributed by atoms with Crippen molar-refractivity contribution in [2.24, 2.45) is 5.73 Å². The number of nitrogens with two attached hydrogens (primary N) is 1. The van der Waals surface area contributed by atoms with Crippen LogP contribution in [0.25, 0.3) is 6.08 Å². The summed E-state index contributed by atoms with van der Waals surface area (Å²) in [7, 11) is 0.408. The van der Waals surface area contributed by atoms with Crippen LogP contribution in [0.3, 0.4) is 0 Å². The number of rotatable bonds is 8. The fraction of sp³-hybridized carbons (Fsp3) is 0.429. The maximum absolute atomic E-state index is 5.63. The van der Waals surface area contributed by atoms with Gasteiger partial charge in [0.25, 0.3) is 0 Å². The van der Waals surface area contributed by atoms with Crippen molar-refractivity contribution < 1.29 is 0 Å². The molecule has 0 aromatic heterocycles. The third kappa shape index (κ3) is 6.41. The van der Waals surface area contributed by atoms with Gasteiger partial charge in [-0.3, -0.25) is 0 Å². The van der Waals surface area contributed by atoms with Crippen LogP contribution in [0.5, 0.6) is 0 Å². The molecule has 0 aliphatic heterocycles. The molecule has 0 unspecified atom stereocenters. The molecule has 0 spiro atoms. The minimum atomic E-state index is 0.408. The summed E-state index contributed by atoms with van der Waals surface area (Å²) < 4.78 is 2.49. The largest absolute Gasteiger partial charge is 0.329 e. The summed E-state index contributed by atoms with van der Waals surface area (Å²) in [5, 5.41) is 0. The van der Waals surface area contributed by atoms with Crippen LogP contribution in [-0.4, -0.2) is 33.9 Å². The van der Waals surface area contributed by atoms with E-state index in [2.05, 4.69) is 47.9 Å². The van der Waals surface area contributed by atoms with Crippen LogP contribution >= 0.6 is 0 Å². The molecule has 0 heterocycles. The maximum atomic E-state index is 5.63. The summed E-state index contributed by atoms with van der Waals surface area (Å²) in [4.78, 5) is 0. The van der Waals surface area contributed by atoms with Crippen molar-refractivity contribution in [1.82, 2.24) is 4.57 Å². The van der Waals surface area contributed by atoms with E-state index in [9.17, 15) is 0 Å². The smallest absolute Gasteiger partial charge is 0.117 e. The van der Waals surface area contributed by atoms with E-state index in [0.29, 0.717) is 9.68 Å². The Labute approximate surface area is 107 Å². The van der Waals surface area contributed by atoms with Gasteiger partial charge in [-0.05, 0) is 11.6 Å². The monoisotopic (exact) mass is 247 g/mol. The Morgan fingerprint density at radius 3 is 2.71 bits per heavy atom. The fourth-order valence-electron chi connectivity index (χ4n) is 1.62. The molecule has 1 rings (SSSR count). The molecule has 0 aliphatic rings. The molecule has 0 saturated heterocycles. The van der Waals surface area contributed by atoms with Crippen molar-refractivity contribution in [2.75, 3.05) is 19.6 Å². The zero-order valence-electron chi connectivity index (χ0n) is 10.7. The quantitative estimate of drug-likeness (QED) is 0.713. The van der Waals surface area contributed by atoms with E-state index in [0.717, 1.165) is 19.6 Å². The first kappa shape index (κ1) is 14.2. The van der Waals surface area contributed by atoms with Crippen LogP contribution in [0.4, 0.5) is 0 Å². The van der Waals surface area contributed by atoms with Crippen LogP contribution in [0, 0.1) is 0 Å². The van der Waals surface area contributed by atoms with E-state index in [1.165, 1.54) is 18.0 Å². The standard InChI is InChI=1S/C14H23N2Si/c1-2-13-17-16(12-10-15)11-6-9-14-7-4-3-5-8-14/h3-9,17H,2,10-13,15H2,1H3/b9-6+. The van der Waals surface area contributed by atoms with Gasteiger partial charge in [0.2, 0.25) is 0 Å². The van der Waals surface area contributed by atoms with Gasteiger partial charge in [0, 0.05) is 19.6 Å². The van der Waals surface area contributed by atoms with E-state index in [1.807, 2.05) is 6.07 Å². The molecule has 1 radical (unpaired) electrons. The van der Waals surface area contributed by atoms with Crippen molar-refractivity contribution >= 4 is 15.8 Å². The molecule has 0 bridgehead atoms. The summed E-state index contributed by atoms with van der Waals surface area (Å²) in [6.07, 6.45) is 5.71. The highest BCUT2D eigenvalue weighted by atomic mass is 28.2. The van der Waals surface area contributed by atoms with Crippen LogP contribution in [0.1, 0.15) is 18.9 Å². The Morgan fingerprint density at radius 2 is 2.06 bits per heavy atom. The molecular weight excluding hydrogens is 224 g/mol. The van der Waals surface area contributed by atoms with Gasteiger partial charge in [-0.25, -0.2) is 0 Å². The molecular formula is C14H23N2Si. The Kier molecular flexibility index (Phi) is 7.63. The molecule has 93 valence electrons. The van der Waals surface area contributed by atoms with E-state index < -0.39 is 0 Å². The maximum Gasteiger partial charge on any atom is 0.117 e. The fourth-order valence-corrected chi connectivity index (χ4v) is 2.85. The van der Waals surface area contributed by atoms with Crippen molar-refractivity contribution in [3.63, 3.8) is 0 Å². The van der Waals surface area contributed by atoms with E-state index in [4.69, 9.17) is 5.73 Å². The van der Waals surface area contributed by atoms with Gasteiger partial charge in [0.15, 0.2) is 0 Å². The van der Waals surface area contributed by atoms with Crippen LogP contribution < -0.4 is 5.73 Å². The third-order valence-corrected chi connectivity index (χ3v) is 4.36. The molecule has 0 atom stereocenters. The Balaban J connectivity index is 2.37. The SMILES string of the molecule is CCC[SiH]N(C/C=C/c1ccccc1)CCN. The lowest BCUT2D eigenvalue weighted by Crippen LogP contribution is -2.32. The summed E-state index contributed by atoms with van der Waals surface area (Å²) in [5.41, 5.74) is 6.90. The number of hydrogen-bond donors (Lipinski definition) is 1. The molecule has 0 fully saturated rings. The van der Waals surface area contributed by atoms with Gasteiger partial charge < -0.3 is 10.3 Å². The van der Waals surface area contributed by atoms with Crippen molar-refractivity contribution in [1.29, 1.82) is 0 Å². The molecule has 2 nitrogen and oxygen atoms in total. The normalized spacial score (nSPS) is 11.5.